The minimum Gasteiger partial charge on any atom is -0.349 e. The number of H-pyrrole nitrogens is 1. The quantitative estimate of drug-likeness (QED) is 0.430. The zero-order valence-electron chi connectivity index (χ0n) is 19.7. The predicted octanol–water partition coefficient (Wildman–Crippen LogP) is 4.72. The molecule has 0 radical (unpaired) electrons. The zero-order valence-corrected chi connectivity index (χ0v) is 19.7. The fourth-order valence-electron chi connectivity index (χ4n) is 6.22. The van der Waals surface area contributed by atoms with Crippen LogP contribution in [-0.4, -0.2) is 31.9 Å². The first-order valence-corrected chi connectivity index (χ1v) is 12.6. The van der Waals surface area contributed by atoms with Gasteiger partial charge < -0.3 is 5.32 Å². The predicted molar refractivity (Wildman–Crippen MR) is 133 cm³/mol. The second kappa shape index (κ2) is 7.85. The van der Waals surface area contributed by atoms with E-state index >= 15 is 0 Å². The molecule has 0 saturated heterocycles. The largest absolute Gasteiger partial charge is 0.349 e. The Kier molecular flexibility index (Phi) is 4.68. The van der Waals surface area contributed by atoms with Gasteiger partial charge in [0.1, 0.15) is 5.82 Å². The number of carbonyl (C=O) groups is 1. The van der Waals surface area contributed by atoms with E-state index < -0.39 is 5.82 Å². The first-order chi connectivity index (χ1) is 17.5. The Hall–Kier alpha value is -3.81. The van der Waals surface area contributed by atoms with Crippen molar-refractivity contribution in [2.45, 2.75) is 56.5 Å². The van der Waals surface area contributed by atoms with Crippen molar-refractivity contribution >= 4 is 16.7 Å². The highest BCUT2D eigenvalue weighted by atomic mass is 19.1. The highest BCUT2D eigenvalue weighted by Crippen LogP contribution is 2.62. The average Bonchev–Trinajstić information content (AvgIpc) is 3.57. The van der Waals surface area contributed by atoms with Gasteiger partial charge in [-0.15, -0.1) is 0 Å². The molecule has 2 aromatic carbocycles. The Morgan fingerprint density at radius 2 is 1.86 bits per heavy atom. The van der Waals surface area contributed by atoms with Gasteiger partial charge in [0, 0.05) is 40.2 Å². The van der Waals surface area contributed by atoms with E-state index in [0.29, 0.717) is 28.5 Å². The Morgan fingerprint density at radius 3 is 2.61 bits per heavy atom. The molecule has 0 bridgehead atoms. The van der Waals surface area contributed by atoms with Crippen LogP contribution in [0.5, 0.6) is 0 Å². The number of aromatic nitrogens is 4. The maximum atomic E-state index is 14.8. The van der Waals surface area contributed by atoms with Crippen molar-refractivity contribution in [3.63, 3.8) is 0 Å². The Balaban J connectivity index is 0.975. The second-order valence-electron chi connectivity index (χ2n) is 10.8. The molecule has 3 aliphatic carbocycles. The second-order valence-corrected chi connectivity index (χ2v) is 10.8. The lowest BCUT2D eigenvalue weighted by Crippen LogP contribution is -2.55. The Labute approximate surface area is 206 Å². The molecular weight excluding hydrogens is 457 g/mol. The smallest absolute Gasteiger partial charge is 0.272 e. The molecule has 0 atom stereocenters. The zero-order chi connectivity index (χ0) is 24.4. The minimum absolute atomic E-state index is 0.0956. The normalized spacial score (nSPS) is 24.9. The fourth-order valence-corrected chi connectivity index (χ4v) is 6.22. The SMILES string of the molecule is O=C(N[C@H]1CC2(C1)C[C@H](c1n[nH]c(=O)c3ccccc31)C2)c1ccc(-c2cnn(C3CC3)c2)c(F)c1. The standard InChI is InChI=1S/C28H26FN5O2/c29-24-9-16(5-8-21(24)18-14-30-34(15-18)20-6-7-20)26(35)31-19-12-28(13-19)10-17(11-28)25-22-3-1-2-4-23(22)27(36)33-32-25/h1-5,8-9,14-15,17,19-20H,6-7,10-13H2,(H,31,35)(H,33,36)/t17-,19-,28?. The number of hydrogen-bond acceptors (Lipinski definition) is 4. The molecule has 3 fully saturated rings. The van der Waals surface area contributed by atoms with E-state index in [1.54, 1.807) is 18.3 Å². The van der Waals surface area contributed by atoms with Crippen LogP contribution in [0.3, 0.4) is 0 Å². The van der Waals surface area contributed by atoms with Crippen molar-refractivity contribution in [2.24, 2.45) is 5.41 Å². The van der Waals surface area contributed by atoms with Crippen molar-refractivity contribution in [3.05, 3.63) is 82.3 Å². The number of nitrogens with zero attached hydrogens (tertiary/aromatic N) is 3. The highest BCUT2D eigenvalue weighted by molar-refractivity contribution is 5.95. The number of halogens is 1. The van der Waals surface area contributed by atoms with E-state index in [4.69, 9.17) is 0 Å². The maximum absolute atomic E-state index is 14.8. The summed E-state index contributed by atoms with van der Waals surface area (Å²) in [6.45, 7) is 0. The molecule has 0 unspecified atom stereocenters. The van der Waals surface area contributed by atoms with Crippen LogP contribution in [0.1, 0.15) is 66.5 Å². The topological polar surface area (TPSA) is 92.7 Å². The molecule has 1 spiro atoms. The molecule has 2 heterocycles. The third kappa shape index (κ3) is 3.54. The van der Waals surface area contributed by atoms with Crippen LogP contribution >= 0.6 is 0 Å². The van der Waals surface area contributed by atoms with Gasteiger partial charge >= 0.3 is 0 Å². The van der Waals surface area contributed by atoms with Crippen molar-refractivity contribution < 1.29 is 9.18 Å². The van der Waals surface area contributed by atoms with Crippen molar-refractivity contribution in [1.29, 1.82) is 0 Å². The summed E-state index contributed by atoms with van der Waals surface area (Å²) in [5.74, 6) is -0.335. The summed E-state index contributed by atoms with van der Waals surface area (Å²) >= 11 is 0. The summed E-state index contributed by atoms with van der Waals surface area (Å²) in [7, 11) is 0. The van der Waals surface area contributed by atoms with Crippen LogP contribution in [0.4, 0.5) is 4.39 Å². The van der Waals surface area contributed by atoms with Crippen LogP contribution in [0.2, 0.25) is 0 Å². The molecule has 7 nitrogen and oxygen atoms in total. The van der Waals surface area contributed by atoms with E-state index in [1.165, 1.54) is 6.07 Å². The lowest BCUT2D eigenvalue weighted by atomic mass is 9.49. The van der Waals surface area contributed by atoms with Crippen molar-refractivity contribution in [3.8, 4) is 11.1 Å². The lowest BCUT2D eigenvalue weighted by Gasteiger charge is -2.57. The van der Waals surface area contributed by atoms with Gasteiger partial charge in [-0.25, -0.2) is 9.49 Å². The van der Waals surface area contributed by atoms with Crippen molar-refractivity contribution in [1.82, 2.24) is 25.3 Å². The van der Waals surface area contributed by atoms with Gasteiger partial charge in [0.2, 0.25) is 0 Å². The molecule has 2 N–H and O–H groups in total. The van der Waals surface area contributed by atoms with E-state index in [0.717, 1.165) is 55.2 Å². The van der Waals surface area contributed by atoms with Gasteiger partial charge in [0.25, 0.3) is 11.5 Å². The Morgan fingerprint density at radius 1 is 1.08 bits per heavy atom. The number of fused-ring (bicyclic) bond motifs is 1. The van der Waals surface area contributed by atoms with Gasteiger partial charge in [-0.05, 0) is 62.1 Å². The van der Waals surface area contributed by atoms with Crippen molar-refractivity contribution in [2.75, 3.05) is 0 Å². The average molecular weight is 484 g/mol. The number of nitrogens with one attached hydrogen (secondary N) is 2. The molecule has 0 aliphatic heterocycles. The molecule has 1 amide bonds. The van der Waals surface area contributed by atoms with E-state index in [9.17, 15) is 14.0 Å². The molecule has 36 heavy (non-hydrogen) atoms. The summed E-state index contributed by atoms with van der Waals surface area (Å²) in [4.78, 5) is 24.9. The van der Waals surface area contributed by atoms with E-state index in [1.807, 2.05) is 35.1 Å². The number of aromatic amines is 1. The van der Waals surface area contributed by atoms with Crippen LogP contribution in [0, 0.1) is 11.2 Å². The van der Waals surface area contributed by atoms with Crippen LogP contribution < -0.4 is 10.9 Å². The summed E-state index contributed by atoms with van der Waals surface area (Å²) in [5.41, 5.74) is 2.55. The lowest BCUT2D eigenvalue weighted by molar-refractivity contribution is -0.0196. The van der Waals surface area contributed by atoms with Gasteiger partial charge in [-0.1, -0.05) is 24.3 Å². The summed E-state index contributed by atoms with van der Waals surface area (Å²) in [6, 6.07) is 12.8. The monoisotopic (exact) mass is 483 g/mol. The molecule has 3 aliphatic rings. The molecule has 3 saturated carbocycles. The van der Waals surface area contributed by atoms with Gasteiger partial charge in [-0.3, -0.25) is 14.3 Å². The van der Waals surface area contributed by atoms with Gasteiger partial charge in [0.15, 0.2) is 0 Å². The number of hydrogen-bond donors (Lipinski definition) is 2. The molecule has 7 rings (SSSR count). The molecule has 8 heteroatoms. The van der Waals surface area contributed by atoms with Crippen LogP contribution in [0.25, 0.3) is 21.9 Å². The number of benzene rings is 2. The van der Waals surface area contributed by atoms with E-state index in [-0.39, 0.29) is 22.9 Å². The van der Waals surface area contributed by atoms with Crippen LogP contribution in [0.15, 0.2) is 59.7 Å². The first-order valence-electron chi connectivity index (χ1n) is 12.6. The van der Waals surface area contributed by atoms with Crippen LogP contribution in [-0.2, 0) is 0 Å². The summed E-state index contributed by atoms with van der Waals surface area (Å²) < 4.78 is 16.7. The number of amides is 1. The summed E-state index contributed by atoms with van der Waals surface area (Å²) in [5, 5.41) is 16.0. The third-order valence-corrected chi connectivity index (χ3v) is 8.23. The number of rotatable bonds is 5. The molecule has 2 aromatic heterocycles. The first kappa shape index (κ1) is 21.5. The highest BCUT2D eigenvalue weighted by Gasteiger charge is 2.54. The maximum Gasteiger partial charge on any atom is 0.272 e. The Bertz CT molecular complexity index is 1560. The number of carbonyl (C=O) groups excluding carboxylic acids is 1. The molecule has 182 valence electrons. The molecular formula is C28H26FN5O2. The van der Waals surface area contributed by atoms with Gasteiger partial charge in [0.05, 0.1) is 23.3 Å². The molecule has 4 aromatic rings. The minimum atomic E-state index is -0.412. The summed E-state index contributed by atoms with van der Waals surface area (Å²) in [6.07, 6.45) is 9.62. The van der Waals surface area contributed by atoms with E-state index in [2.05, 4.69) is 20.6 Å². The third-order valence-electron chi connectivity index (χ3n) is 8.23. The van der Waals surface area contributed by atoms with Gasteiger partial charge in [-0.2, -0.15) is 10.2 Å². The fraction of sp³-hybridized carbons (Fsp3) is 0.357.